The van der Waals surface area contributed by atoms with E-state index in [1.807, 2.05) is 24.8 Å². The van der Waals surface area contributed by atoms with Crippen LogP contribution in [-0.4, -0.2) is 39.6 Å². The maximum Gasteiger partial charge on any atom is 0.260 e. The summed E-state index contributed by atoms with van der Waals surface area (Å²) in [5.74, 6) is 1.73. The lowest BCUT2D eigenvalue weighted by Crippen LogP contribution is -2.31. The van der Waals surface area contributed by atoms with Crippen molar-refractivity contribution >= 4 is 5.91 Å². The normalized spacial score (nSPS) is 19.2. The average molecular weight is 356 g/mol. The molecule has 138 valence electrons. The third kappa shape index (κ3) is 2.85. The van der Waals surface area contributed by atoms with Gasteiger partial charge < -0.3 is 14.2 Å². The number of fused-ring (bicyclic) bond motifs is 1. The number of hydrogen-bond acceptors (Lipinski definition) is 6. The second-order valence-electron chi connectivity index (χ2n) is 7.31. The van der Waals surface area contributed by atoms with Crippen molar-refractivity contribution in [2.75, 3.05) is 13.7 Å². The molecule has 2 aromatic heterocycles. The summed E-state index contributed by atoms with van der Waals surface area (Å²) in [5.41, 5.74) is 2.74. The van der Waals surface area contributed by atoms with Crippen molar-refractivity contribution in [2.45, 2.75) is 57.9 Å². The summed E-state index contributed by atoms with van der Waals surface area (Å²) in [6, 6.07) is 1.78. The van der Waals surface area contributed by atoms with Crippen LogP contribution in [0.5, 0.6) is 5.88 Å². The van der Waals surface area contributed by atoms with Crippen molar-refractivity contribution in [1.29, 1.82) is 0 Å². The van der Waals surface area contributed by atoms with Gasteiger partial charge in [-0.25, -0.2) is 4.98 Å². The number of nitrogens with zero attached hydrogens (tertiary/aromatic N) is 4. The minimum Gasteiger partial charge on any atom is -0.480 e. The summed E-state index contributed by atoms with van der Waals surface area (Å²) < 4.78 is 10.9. The molecule has 26 heavy (non-hydrogen) atoms. The summed E-state index contributed by atoms with van der Waals surface area (Å²) >= 11 is 0. The van der Waals surface area contributed by atoms with E-state index in [4.69, 9.17) is 9.26 Å². The van der Waals surface area contributed by atoms with Crippen LogP contribution in [0, 0.1) is 0 Å². The molecule has 7 heteroatoms. The first-order valence-electron chi connectivity index (χ1n) is 9.29. The number of pyridine rings is 1. The van der Waals surface area contributed by atoms with Gasteiger partial charge in [0.2, 0.25) is 11.8 Å². The van der Waals surface area contributed by atoms with Crippen molar-refractivity contribution in [3.63, 3.8) is 0 Å². The SMILES string of the molecule is COc1nc2c(cc1C(=O)N1CCC[C@H]1c1nc(C(C)C)no1)CCC2. The van der Waals surface area contributed by atoms with Crippen LogP contribution in [0.3, 0.4) is 0 Å². The molecule has 0 N–H and O–H groups in total. The smallest absolute Gasteiger partial charge is 0.260 e. The molecule has 0 saturated carbocycles. The Balaban J connectivity index is 1.64. The van der Waals surface area contributed by atoms with Crippen LogP contribution in [0.2, 0.25) is 0 Å². The highest BCUT2D eigenvalue weighted by atomic mass is 16.5. The molecule has 4 rings (SSSR count). The van der Waals surface area contributed by atoms with Gasteiger partial charge >= 0.3 is 0 Å². The molecule has 3 heterocycles. The first kappa shape index (κ1) is 17.0. The van der Waals surface area contributed by atoms with E-state index >= 15 is 0 Å². The quantitative estimate of drug-likeness (QED) is 0.837. The van der Waals surface area contributed by atoms with Gasteiger partial charge in [-0.3, -0.25) is 4.79 Å². The summed E-state index contributed by atoms with van der Waals surface area (Å²) in [6.07, 6.45) is 4.74. The molecule has 1 amide bonds. The van der Waals surface area contributed by atoms with Crippen LogP contribution in [0.25, 0.3) is 0 Å². The van der Waals surface area contributed by atoms with E-state index in [1.54, 1.807) is 7.11 Å². The topological polar surface area (TPSA) is 81.4 Å². The second-order valence-corrected chi connectivity index (χ2v) is 7.31. The lowest BCUT2D eigenvalue weighted by molar-refractivity contribution is 0.0705. The molecule has 0 radical (unpaired) electrons. The standard InChI is InChI=1S/C19H24N4O3/c1-11(2)16-21-18(26-22-16)15-8-5-9-23(15)19(24)13-10-12-6-4-7-14(12)20-17(13)25-3/h10-11,15H,4-9H2,1-3H3/t15-/m0/s1. The number of amides is 1. The lowest BCUT2D eigenvalue weighted by atomic mass is 10.1. The first-order valence-corrected chi connectivity index (χ1v) is 9.29. The monoisotopic (exact) mass is 356 g/mol. The van der Waals surface area contributed by atoms with Gasteiger partial charge in [0.25, 0.3) is 5.91 Å². The van der Waals surface area contributed by atoms with Gasteiger partial charge in [-0.1, -0.05) is 19.0 Å². The van der Waals surface area contributed by atoms with Crippen molar-refractivity contribution in [3.8, 4) is 5.88 Å². The average Bonchev–Trinajstić information content (AvgIpc) is 3.38. The highest BCUT2D eigenvalue weighted by Crippen LogP contribution is 2.35. The number of hydrogen-bond donors (Lipinski definition) is 0. The van der Waals surface area contributed by atoms with Crippen LogP contribution in [0.15, 0.2) is 10.6 Å². The van der Waals surface area contributed by atoms with Gasteiger partial charge in [-0.2, -0.15) is 4.98 Å². The zero-order chi connectivity index (χ0) is 18.3. The van der Waals surface area contributed by atoms with Crippen molar-refractivity contribution in [2.24, 2.45) is 0 Å². The number of aryl methyl sites for hydroxylation is 2. The molecule has 7 nitrogen and oxygen atoms in total. The van der Waals surface area contributed by atoms with E-state index in [-0.39, 0.29) is 17.9 Å². The number of ether oxygens (including phenoxy) is 1. The van der Waals surface area contributed by atoms with Gasteiger partial charge in [0.15, 0.2) is 5.82 Å². The molecule has 0 spiro atoms. The maximum atomic E-state index is 13.3. The summed E-state index contributed by atoms with van der Waals surface area (Å²) in [5, 5.41) is 4.05. The lowest BCUT2D eigenvalue weighted by Gasteiger charge is -2.23. The molecule has 2 aromatic rings. The molecule has 1 aliphatic heterocycles. The molecule has 1 fully saturated rings. The Hall–Kier alpha value is -2.44. The number of rotatable bonds is 4. The maximum absolute atomic E-state index is 13.3. The minimum absolute atomic E-state index is 0.0733. The van der Waals surface area contributed by atoms with Crippen molar-refractivity contribution < 1.29 is 14.1 Å². The third-order valence-corrected chi connectivity index (χ3v) is 5.21. The number of methoxy groups -OCH3 is 1. The minimum atomic E-state index is -0.180. The van der Waals surface area contributed by atoms with Gasteiger partial charge in [-0.15, -0.1) is 0 Å². The molecule has 0 bridgehead atoms. The fourth-order valence-electron chi connectivity index (χ4n) is 3.80. The number of carbonyl (C=O) groups is 1. The van der Waals surface area contributed by atoms with E-state index in [2.05, 4.69) is 15.1 Å². The molecule has 1 saturated heterocycles. The fraction of sp³-hybridized carbons (Fsp3) is 0.579. The Bertz CT molecular complexity index is 830. The van der Waals surface area contributed by atoms with E-state index < -0.39 is 0 Å². The largest absolute Gasteiger partial charge is 0.480 e. The number of carbonyl (C=O) groups excluding carboxylic acids is 1. The summed E-state index contributed by atoms with van der Waals surface area (Å²) in [6.45, 7) is 4.71. The molecular weight excluding hydrogens is 332 g/mol. The molecule has 1 atom stereocenters. The molecule has 0 unspecified atom stereocenters. The molecular formula is C19H24N4O3. The van der Waals surface area contributed by atoms with Crippen molar-refractivity contribution in [3.05, 3.63) is 34.6 Å². The van der Waals surface area contributed by atoms with Crippen LogP contribution < -0.4 is 4.74 Å². The van der Waals surface area contributed by atoms with E-state index in [9.17, 15) is 4.79 Å². The fourth-order valence-corrected chi connectivity index (χ4v) is 3.80. The van der Waals surface area contributed by atoms with Crippen LogP contribution >= 0.6 is 0 Å². The highest BCUT2D eigenvalue weighted by molar-refractivity contribution is 5.97. The molecule has 0 aromatic carbocycles. The van der Waals surface area contributed by atoms with Gasteiger partial charge in [-0.05, 0) is 43.7 Å². The molecule has 1 aliphatic carbocycles. The zero-order valence-electron chi connectivity index (χ0n) is 15.5. The highest BCUT2D eigenvalue weighted by Gasteiger charge is 2.36. The number of likely N-dealkylation sites (tertiary alicyclic amines) is 1. The summed E-state index contributed by atoms with van der Waals surface area (Å²) in [7, 11) is 1.56. The predicted octanol–water partition coefficient (Wildman–Crippen LogP) is 3.06. The second kappa shape index (κ2) is 6.70. The van der Waals surface area contributed by atoms with E-state index in [0.717, 1.165) is 43.4 Å². The van der Waals surface area contributed by atoms with Gasteiger partial charge in [0.05, 0.1) is 7.11 Å². The van der Waals surface area contributed by atoms with E-state index in [1.165, 1.54) is 0 Å². The van der Waals surface area contributed by atoms with Crippen LogP contribution in [0.4, 0.5) is 0 Å². The Labute approximate surface area is 152 Å². The van der Waals surface area contributed by atoms with Crippen LogP contribution in [0.1, 0.15) is 78.4 Å². The Morgan fingerprint density at radius 3 is 2.88 bits per heavy atom. The van der Waals surface area contributed by atoms with Gasteiger partial charge in [0.1, 0.15) is 11.6 Å². The first-order chi connectivity index (χ1) is 12.6. The number of aromatic nitrogens is 3. The molecule has 2 aliphatic rings. The van der Waals surface area contributed by atoms with E-state index in [0.29, 0.717) is 29.7 Å². The van der Waals surface area contributed by atoms with Crippen LogP contribution in [-0.2, 0) is 12.8 Å². The predicted molar refractivity (Wildman–Crippen MR) is 94.2 cm³/mol. The summed E-state index contributed by atoms with van der Waals surface area (Å²) in [4.78, 5) is 24.2. The van der Waals surface area contributed by atoms with Gasteiger partial charge in [0, 0.05) is 18.2 Å². The van der Waals surface area contributed by atoms with Crippen molar-refractivity contribution in [1.82, 2.24) is 20.0 Å². The Morgan fingerprint density at radius 2 is 2.15 bits per heavy atom. The Kier molecular flexibility index (Phi) is 4.38. The third-order valence-electron chi connectivity index (χ3n) is 5.21. The Morgan fingerprint density at radius 1 is 1.31 bits per heavy atom. The zero-order valence-corrected chi connectivity index (χ0v) is 15.5.